The standard InChI is InChI=1S/C11H22N2O3/c1-9(2)8-16-7-5-12-11(15)13-10(3)4-6-14/h10,14H,1,4-8H2,2-3H3,(H2,12,13,15)/t10-/m1/s1. The van der Waals surface area contributed by atoms with Gasteiger partial charge in [0.05, 0.1) is 13.2 Å². The van der Waals surface area contributed by atoms with Crippen LogP contribution in [-0.2, 0) is 4.74 Å². The highest BCUT2D eigenvalue weighted by Crippen LogP contribution is 1.88. The zero-order chi connectivity index (χ0) is 12.4. The molecule has 0 rings (SSSR count). The smallest absolute Gasteiger partial charge is 0.315 e. The summed E-state index contributed by atoms with van der Waals surface area (Å²) in [6.45, 7) is 8.95. The monoisotopic (exact) mass is 230 g/mol. The fourth-order valence-corrected chi connectivity index (χ4v) is 1.02. The number of amides is 2. The molecule has 0 fully saturated rings. The van der Waals surface area contributed by atoms with Gasteiger partial charge in [-0.3, -0.25) is 0 Å². The molecule has 0 radical (unpaired) electrons. The van der Waals surface area contributed by atoms with Crippen LogP contribution in [0.15, 0.2) is 12.2 Å². The zero-order valence-corrected chi connectivity index (χ0v) is 10.1. The molecule has 5 nitrogen and oxygen atoms in total. The van der Waals surface area contributed by atoms with E-state index in [1.807, 2.05) is 13.8 Å². The summed E-state index contributed by atoms with van der Waals surface area (Å²) in [5, 5.41) is 14.0. The highest BCUT2D eigenvalue weighted by molar-refractivity contribution is 5.74. The maximum Gasteiger partial charge on any atom is 0.315 e. The van der Waals surface area contributed by atoms with Gasteiger partial charge in [0.25, 0.3) is 0 Å². The van der Waals surface area contributed by atoms with E-state index in [4.69, 9.17) is 9.84 Å². The molecule has 0 unspecified atom stereocenters. The largest absolute Gasteiger partial charge is 0.396 e. The molecule has 0 saturated carbocycles. The van der Waals surface area contributed by atoms with Crippen LogP contribution < -0.4 is 10.6 Å². The molecule has 5 heteroatoms. The molecular formula is C11H22N2O3. The second kappa shape index (κ2) is 9.18. The van der Waals surface area contributed by atoms with Crippen LogP contribution in [0.4, 0.5) is 4.79 Å². The molecule has 0 heterocycles. The molecular weight excluding hydrogens is 208 g/mol. The summed E-state index contributed by atoms with van der Waals surface area (Å²) in [5.41, 5.74) is 0.959. The van der Waals surface area contributed by atoms with Crippen molar-refractivity contribution in [3.8, 4) is 0 Å². The number of nitrogens with one attached hydrogen (secondary N) is 2. The van der Waals surface area contributed by atoms with E-state index in [0.29, 0.717) is 26.2 Å². The second-order valence-electron chi connectivity index (χ2n) is 3.82. The lowest BCUT2D eigenvalue weighted by molar-refractivity contribution is 0.157. The van der Waals surface area contributed by atoms with Gasteiger partial charge in [-0.2, -0.15) is 0 Å². The Kier molecular flexibility index (Phi) is 8.56. The van der Waals surface area contributed by atoms with E-state index in [-0.39, 0.29) is 18.7 Å². The van der Waals surface area contributed by atoms with Crippen LogP contribution in [0.3, 0.4) is 0 Å². The third-order valence-electron chi connectivity index (χ3n) is 1.82. The summed E-state index contributed by atoms with van der Waals surface area (Å²) in [7, 11) is 0. The van der Waals surface area contributed by atoms with Gasteiger partial charge in [0, 0.05) is 19.2 Å². The fraction of sp³-hybridized carbons (Fsp3) is 0.727. The van der Waals surface area contributed by atoms with E-state index in [2.05, 4.69) is 17.2 Å². The Hall–Kier alpha value is -1.07. The lowest BCUT2D eigenvalue weighted by Crippen LogP contribution is -2.42. The Morgan fingerprint density at radius 1 is 1.56 bits per heavy atom. The summed E-state index contributed by atoms with van der Waals surface area (Å²) in [6, 6.07) is -0.263. The molecule has 0 spiro atoms. The van der Waals surface area contributed by atoms with Crippen molar-refractivity contribution in [3.05, 3.63) is 12.2 Å². The van der Waals surface area contributed by atoms with E-state index >= 15 is 0 Å². The van der Waals surface area contributed by atoms with Crippen molar-refractivity contribution in [1.82, 2.24) is 10.6 Å². The first-order valence-electron chi connectivity index (χ1n) is 5.43. The van der Waals surface area contributed by atoms with Crippen LogP contribution in [0, 0.1) is 0 Å². The molecule has 0 aromatic heterocycles. The van der Waals surface area contributed by atoms with Crippen LogP contribution in [0.2, 0.25) is 0 Å². The predicted molar refractivity (Wildman–Crippen MR) is 63.3 cm³/mol. The summed E-state index contributed by atoms with van der Waals surface area (Å²) in [4.78, 5) is 11.2. The van der Waals surface area contributed by atoms with E-state index in [1.54, 1.807) is 0 Å². The number of rotatable bonds is 8. The predicted octanol–water partition coefficient (Wildman–Crippen LogP) is 0.649. The van der Waals surface area contributed by atoms with Crippen molar-refractivity contribution >= 4 is 6.03 Å². The first-order chi connectivity index (χ1) is 7.56. The zero-order valence-electron chi connectivity index (χ0n) is 10.1. The minimum atomic E-state index is -0.236. The second-order valence-corrected chi connectivity index (χ2v) is 3.82. The van der Waals surface area contributed by atoms with Gasteiger partial charge >= 0.3 is 6.03 Å². The summed E-state index contributed by atoms with van der Waals surface area (Å²) in [6.07, 6.45) is 0.555. The first-order valence-corrected chi connectivity index (χ1v) is 5.43. The Balaban J connectivity index is 3.40. The van der Waals surface area contributed by atoms with Crippen molar-refractivity contribution in [2.45, 2.75) is 26.3 Å². The van der Waals surface area contributed by atoms with Crippen LogP contribution in [0.25, 0.3) is 0 Å². The molecule has 3 N–H and O–H groups in total. The minimum absolute atomic E-state index is 0.0265. The molecule has 0 aliphatic rings. The molecule has 0 aromatic rings. The molecule has 0 aliphatic heterocycles. The van der Waals surface area contributed by atoms with Gasteiger partial charge in [0.2, 0.25) is 0 Å². The van der Waals surface area contributed by atoms with Gasteiger partial charge in [0.15, 0.2) is 0 Å². The SMILES string of the molecule is C=C(C)COCCNC(=O)N[C@H](C)CCO. The highest BCUT2D eigenvalue weighted by Gasteiger charge is 2.04. The Morgan fingerprint density at radius 2 is 2.25 bits per heavy atom. The number of carbonyl (C=O) groups excluding carboxylic acids is 1. The number of aliphatic hydroxyl groups excluding tert-OH is 1. The maximum absolute atomic E-state index is 11.2. The van der Waals surface area contributed by atoms with Crippen molar-refractivity contribution < 1.29 is 14.6 Å². The molecule has 16 heavy (non-hydrogen) atoms. The average Bonchev–Trinajstić information content (AvgIpc) is 2.16. The third-order valence-corrected chi connectivity index (χ3v) is 1.82. The Morgan fingerprint density at radius 3 is 2.81 bits per heavy atom. The Bertz CT molecular complexity index is 219. The van der Waals surface area contributed by atoms with E-state index < -0.39 is 0 Å². The molecule has 0 bridgehead atoms. The first kappa shape index (κ1) is 14.9. The molecule has 2 amide bonds. The number of urea groups is 1. The molecule has 1 atom stereocenters. The van der Waals surface area contributed by atoms with Gasteiger partial charge in [-0.05, 0) is 20.3 Å². The number of carbonyl (C=O) groups is 1. The van der Waals surface area contributed by atoms with Gasteiger partial charge in [0.1, 0.15) is 0 Å². The number of aliphatic hydroxyl groups is 1. The molecule has 0 aromatic carbocycles. The third kappa shape index (κ3) is 9.48. The van der Waals surface area contributed by atoms with Crippen molar-refractivity contribution in [3.63, 3.8) is 0 Å². The quantitative estimate of drug-likeness (QED) is 0.423. The lowest BCUT2D eigenvalue weighted by atomic mass is 10.2. The molecule has 0 aliphatic carbocycles. The Labute approximate surface area is 96.9 Å². The highest BCUT2D eigenvalue weighted by atomic mass is 16.5. The lowest BCUT2D eigenvalue weighted by Gasteiger charge is -2.13. The van der Waals surface area contributed by atoms with Crippen LogP contribution >= 0.6 is 0 Å². The number of hydrogen-bond acceptors (Lipinski definition) is 3. The van der Waals surface area contributed by atoms with Crippen LogP contribution in [0.1, 0.15) is 20.3 Å². The number of ether oxygens (including phenoxy) is 1. The van der Waals surface area contributed by atoms with E-state index in [9.17, 15) is 4.79 Å². The molecule has 94 valence electrons. The van der Waals surface area contributed by atoms with E-state index in [0.717, 1.165) is 5.57 Å². The van der Waals surface area contributed by atoms with Crippen molar-refractivity contribution in [2.24, 2.45) is 0 Å². The molecule has 0 saturated heterocycles. The van der Waals surface area contributed by atoms with Gasteiger partial charge in [-0.25, -0.2) is 4.79 Å². The average molecular weight is 230 g/mol. The normalized spacial score (nSPS) is 11.9. The van der Waals surface area contributed by atoms with Crippen LogP contribution in [-0.4, -0.2) is 43.5 Å². The summed E-state index contributed by atoms with van der Waals surface area (Å²) >= 11 is 0. The minimum Gasteiger partial charge on any atom is -0.396 e. The maximum atomic E-state index is 11.2. The van der Waals surface area contributed by atoms with Gasteiger partial charge in [-0.1, -0.05) is 12.2 Å². The van der Waals surface area contributed by atoms with Crippen molar-refractivity contribution in [2.75, 3.05) is 26.4 Å². The summed E-state index contributed by atoms with van der Waals surface area (Å²) in [5.74, 6) is 0. The van der Waals surface area contributed by atoms with Gasteiger partial charge in [-0.15, -0.1) is 0 Å². The topological polar surface area (TPSA) is 70.6 Å². The summed E-state index contributed by atoms with van der Waals surface area (Å²) < 4.78 is 5.22. The van der Waals surface area contributed by atoms with Crippen molar-refractivity contribution in [1.29, 1.82) is 0 Å². The van der Waals surface area contributed by atoms with Crippen LogP contribution in [0.5, 0.6) is 0 Å². The fourth-order valence-electron chi connectivity index (χ4n) is 1.02. The van der Waals surface area contributed by atoms with Gasteiger partial charge < -0.3 is 20.5 Å². The van der Waals surface area contributed by atoms with E-state index in [1.165, 1.54) is 0 Å². The number of hydrogen-bond donors (Lipinski definition) is 3.